The largest absolute Gasteiger partial charge is 0.486 e. The Labute approximate surface area is 200 Å². The molecule has 0 aromatic heterocycles. The predicted molar refractivity (Wildman–Crippen MR) is 121 cm³/mol. The third-order valence-electron chi connectivity index (χ3n) is 4.18. The predicted octanol–water partition coefficient (Wildman–Crippen LogP) is 7.12. The van der Waals surface area contributed by atoms with E-state index in [2.05, 4.69) is 26.5 Å². The molecule has 0 aliphatic heterocycles. The Morgan fingerprint density at radius 3 is 2.50 bits per heavy atom. The summed E-state index contributed by atoms with van der Waals surface area (Å²) in [5.74, 6) is -0.381. The molecule has 0 radical (unpaired) electrons. The van der Waals surface area contributed by atoms with Crippen molar-refractivity contribution in [2.24, 2.45) is 5.10 Å². The van der Waals surface area contributed by atoms with Gasteiger partial charge in [-0.2, -0.15) is 18.3 Å². The van der Waals surface area contributed by atoms with Crippen LogP contribution in [-0.2, 0) is 12.8 Å². The van der Waals surface area contributed by atoms with E-state index in [4.69, 9.17) is 27.9 Å². The van der Waals surface area contributed by atoms with Crippen LogP contribution in [0.15, 0.2) is 70.2 Å². The third-order valence-corrected chi connectivity index (χ3v) is 5.42. The van der Waals surface area contributed by atoms with Crippen molar-refractivity contribution < 1.29 is 22.7 Å². The van der Waals surface area contributed by atoms with Crippen LogP contribution >= 0.6 is 39.1 Å². The van der Waals surface area contributed by atoms with Crippen LogP contribution in [0, 0.1) is 0 Å². The van der Waals surface area contributed by atoms with Gasteiger partial charge in [-0.3, -0.25) is 4.79 Å². The molecule has 0 aliphatic carbocycles. The zero-order valence-electron chi connectivity index (χ0n) is 16.1. The van der Waals surface area contributed by atoms with Crippen molar-refractivity contribution in [1.29, 1.82) is 0 Å². The first-order valence-electron chi connectivity index (χ1n) is 9.01. The van der Waals surface area contributed by atoms with Crippen molar-refractivity contribution in [1.82, 2.24) is 5.43 Å². The average molecular weight is 546 g/mol. The van der Waals surface area contributed by atoms with Gasteiger partial charge < -0.3 is 4.74 Å². The highest BCUT2D eigenvalue weighted by Crippen LogP contribution is 2.35. The number of carbonyl (C=O) groups is 1. The maximum atomic E-state index is 12.8. The number of amides is 1. The van der Waals surface area contributed by atoms with Gasteiger partial charge in [-0.25, -0.2) is 5.43 Å². The van der Waals surface area contributed by atoms with Gasteiger partial charge in [0.1, 0.15) is 6.61 Å². The topological polar surface area (TPSA) is 50.7 Å². The minimum absolute atomic E-state index is 0.167. The van der Waals surface area contributed by atoms with E-state index in [-0.39, 0.29) is 17.2 Å². The number of alkyl halides is 3. The van der Waals surface area contributed by atoms with Gasteiger partial charge >= 0.3 is 6.18 Å². The molecular formula is C22H14BrCl2F3N2O2. The van der Waals surface area contributed by atoms with Crippen LogP contribution in [-0.4, -0.2) is 12.1 Å². The summed E-state index contributed by atoms with van der Waals surface area (Å²) < 4.78 is 44.7. The minimum atomic E-state index is -4.54. The Hall–Kier alpha value is -2.55. The van der Waals surface area contributed by atoms with Crippen LogP contribution in [0.4, 0.5) is 13.2 Å². The molecule has 0 saturated heterocycles. The van der Waals surface area contributed by atoms with E-state index in [1.165, 1.54) is 12.3 Å². The zero-order chi connectivity index (χ0) is 23.3. The number of nitrogens with one attached hydrogen (secondary N) is 1. The molecule has 1 N–H and O–H groups in total. The van der Waals surface area contributed by atoms with E-state index in [0.717, 1.165) is 23.8 Å². The van der Waals surface area contributed by atoms with E-state index >= 15 is 0 Å². The molecule has 0 heterocycles. The Bertz CT molecular complexity index is 1150. The normalized spacial score (nSPS) is 11.6. The van der Waals surface area contributed by atoms with Crippen molar-refractivity contribution in [3.05, 3.63) is 97.4 Å². The first-order chi connectivity index (χ1) is 15.1. The molecule has 0 fully saturated rings. The molecule has 166 valence electrons. The van der Waals surface area contributed by atoms with E-state index in [1.807, 2.05) is 18.2 Å². The molecule has 32 heavy (non-hydrogen) atoms. The van der Waals surface area contributed by atoms with Crippen molar-refractivity contribution >= 4 is 51.3 Å². The summed E-state index contributed by atoms with van der Waals surface area (Å²) in [6.07, 6.45) is -3.24. The molecule has 0 unspecified atom stereocenters. The fraction of sp³-hybridized carbons (Fsp3) is 0.0909. The third kappa shape index (κ3) is 6.25. The van der Waals surface area contributed by atoms with E-state index in [1.54, 1.807) is 18.2 Å². The second kappa shape index (κ2) is 10.4. The lowest BCUT2D eigenvalue weighted by atomic mass is 10.1. The van der Waals surface area contributed by atoms with Crippen LogP contribution < -0.4 is 10.2 Å². The number of carbonyl (C=O) groups excluding carboxylic acids is 1. The summed E-state index contributed by atoms with van der Waals surface area (Å²) in [4.78, 5) is 12.1. The Balaban J connectivity index is 1.66. The van der Waals surface area contributed by atoms with Gasteiger partial charge in [-0.1, -0.05) is 47.5 Å². The lowest BCUT2D eigenvalue weighted by molar-refractivity contribution is -0.137. The zero-order valence-corrected chi connectivity index (χ0v) is 19.2. The highest BCUT2D eigenvalue weighted by Gasteiger charge is 2.30. The molecule has 3 aromatic carbocycles. The number of hydrogen-bond donors (Lipinski definition) is 1. The SMILES string of the molecule is O=C(N/N=C\c1cc(Cl)c(OCc2ccccc2Cl)c(Br)c1)c1cccc(C(F)(F)F)c1. The maximum absolute atomic E-state index is 12.8. The number of hydrazone groups is 1. The number of hydrogen-bond acceptors (Lipinski definition) is 3. The second-order valence-corrected chi connectivity index (χ2v) is 8.14. The van der Waals surface area contributed by atoms with Gasteiger partial charge in [0.15, 0.2) is 5.75 Å². The quantitative estimate of drug-likeness (QED) is 0.265. The first-order valence-corrected chi connectivity index (χ1v) is 10.6. The van der Waals surface area contributed by atoms with Gasteiger partial charge in [0, 0.05) is 16.1 Å². The molecule has 3 aromatic rings. The van der Waals surface area contributed by atoms with Gasteiger partial charge in [0.25, 0.3) is 5.91 Å². The van der Waals surface area contributed by atoms with Crippen molar-refractivity contribution in [3.63, 3.8) is 0 Å². The standard InChI is InChI=1S/C22H14BrCl2F3N2O2/c23-17-8-13(9-19(25)20(17)32-12-15-4-1-2-7-18(15)24)11-29-30-21(31)14-5-3-6-16(10-14)22(26,27)28/h1-11H,12H2,(H,30,31)/b29-11-. The van der Waals surface area contributed by atoms with Crippen molar-refractivity contribution in [3.8, 4) is 5.75 Å². The number of nitrogens with zero attached hydrogens (tertiary/aromatic N) is 1. The fourth-order valence-electron chi connectivity index (χ4n) is 2.62. The van der Waals surface area contributed by atoms with Crippen molar-refractivity contribution in [2.75, 3.05) is 0 Å². The van der Waals surface area contributed by atoms with Crippen molar-refractivity contribution in [2.45, 2.75) is 12.8 Å². The lowest BCUT2D eigenvalue weighted by Gasteiger charge is -2.12. The molecule has 3 rings (SSSR count). The molecule has 4 nitrogen and oxygen atoms in total. The molecule has 0 saturated carbocycles. The van der Waals surface area contributed by atoms with Crippen LogP contribution in [0.3, 0.4) is 0 Å². The Kier molecular flexibility index (Phi) is 7.82. The summed E-state index contributed by atoms with van der Waals surface area (Å²) in [6.45, 7) is 0.207. The number of ether oxygens (including phenoxy) is 1. The monoisotopic (exact) mass is 544 g/mol. The Morgan fingerprint density at radius 2 is 1.81 bits per heavy atom. The van der Waals surface area contributed by atoms with Gasteiger partial charge in [0.05, 0.1) is 21.3 Å². The summed E-state index contributed by atoms with van der Waals surface area (Å²) in [6, 6.07) is 14.5. The summed E-state index contributed by atoms with van der Waals surface area (Å²) in [5, 5.41) is 4.64. The summed E-state index contributed by atoms with van der Waals surface area (Å²) >= 11 is 15.8. The second-order valence-electron chi connectivity index (χ2n) is 6.47. The molecule has 0 atom stereocenters. The highest BCUT2D eigenvalue weighted by atomic mass is 79.9. The molecule has 1 amide bonds. The minimum Gasteiger partial charge on any atom is -0.486 e. The van der Waals surface area contributed by atoms with Crippen LogP contribution in [0.5, 0.6) is 5.75 Å². The highest BCUT2D eigenvalue weighted by molar-refractivity contribution is 9.10. The van der Waals surface area contributed by atoms with Crippen LogP contribution in [0.1, 0.15) is 27.0 Å². The smallest absolute Gasteiger partial charge is 0.416 e. The molecule has 0 aliphatic rings. The van der Waals surface area contributed by atoms with Gasteiger partial charge in [-0.15, -0.1) is 0 Å². The van der Waals surface area contributed by atoms with Crippen LogP contribution in [0.25, 0.3) is 0 Å². The maximum Gasteiger partial charge on any atom is 0.416 e. The molecule has 0 bridgehead atoms. The number of halogens is 6. The molecule has 0 spiro atoms. The Morgan fingerprint density at radius 1 is 1.06 bits per heavy atom. The summed E-state index contributed by atoms with van der Waals surface area (Å²) in [5.41, 5.74) is 2.42. The first kappa shape index (κ1) is 24.1. The fourth-order valence-corrected chi connectivity index (χ4v) is 3.80. The molecule has 10 heteroatoms. The number of rotatable bonds is 6. The van der Waals surface area contributed by atoms with Gasteiger partial charge in [-0.05, 0) is 57.9 Å². The van der Waals surface area contributed by atoms with E-state index in [9.17, 15) is 18.0 Å². The lowest BCUT2D eigenvalue weighted by Crippen LogP contribution is -2.18. The van der Waals surface area contributed by atoms with Crippen LogP contribution in [0.2, 0.25) is 10.0 Å². The molecular weight excluding hydrogens is 532 g/mol. The summed E-state index contributed by atoms with van der Waals surface area (Å²) in [7, 11) is 0. The van der Waals surface area contributed by atoms with E-state index in [0.29, 0.717) is 20.8 Å². The van der Waals surface area contributed by atoms with Gasteiger partial charge in [0.2, 0.25) is 0 Å². The van der Waals surface area contributed by atoms with E-state index < -0.39 is 17.6 Å². The number of benzene rings is 3. The average Bonchev–Trinajstić information content (AvgIpc) is 2.74.